The summed E-state index contributed by atoms with van der Waals surface area (Å²) in [4.78, 5) is 31.0. The lowest BCUT2D eigenvalue weighted by molar-refractivity contribution is 0.0199. The highest BCUT2D eigenvalue weighted by molar-refractivity contribution is 6.05. The molecule has 4 rings (SSSR count). The monoisotopic (exact) mass is 421 g/mol. The number of carbonyl (C=O) groups is 2. The third-order valence-corrected chi connectivity index (χ3v) is 5.25. The number of fused-ring (bicyclic) bond motifs is 1. The van der Waals surface area contributed by atoms with Crippen LogP contribution in [-0.4, -0.2) is 56.8 Å². The van der Waals surface area contributed by atoms with E-state index in [4.69, 9.17) is 4.74 Å². The van der Waals surface area contributed by atoms with Gasteiger partial charge in [0.15, 0.2) is 5.69 Å². The van der Waals surface area contributed by atoms with Gasteiger partial charge in [-0.2, -0.15) is 5.10 Å². The molecule has 1 aliphatic heterocycles. The van der Waals surface area contributed by atoms with Crippen molar-refractivity contribution >= 4 is 22.9 Å². The number of carbonyl (C=O) groups excluding carboxylic acids is 2. The van der Waals surface area contributed by atoms with Crippen molar-refractivity contribution in [3.05, 3.63) is 48.4 Å². The summed E-state index contributed by atoms with van der Waals surface area (Å²) in [6, 6.07) is 9.69. The second-order valence-corrected chi connectivity index (χ2v) is 8.79. The maximum absolute atomic E-state index is 12.9. The maximum atomic E-state index is 12.9. The molecule has 0 spiro atoms. The van der Waals surface area contributed by atoms with Crippen molar-refractivity contribution in [2.24, 2.45) is 0 Å². The number of nitrogens with one attached hydrogen (secondary N) is 2. The fourth-order valence-electron chi connectivity index (χ4n) is 3.69. The first-order valence-electron chi connectivity index (χ1n) is 10.5. The van der Waals surface area contributed by atoms with E-state index in [1.807, 2.05) is 51.1 Å². The number of nitrogens with zero attached hydrogens (tertiary/aromatic N) is 3. The molecule has 8 nitrogen and oxygen atoms in total. The Labute approximate surface area is 181 Å². The molecule has 0 atom stereocenters. The van der Waals surface area contributed by atoms with E-state index >= 15 is 0 Å². The lowest BCUT2D eigenvalue weighted by Crippen LogP contribution is -2.47. The molecule has 0 saturated carbocycles. The summed E-state index contributed by atoms with van der Waals surface area (Å²) in [5.41, 5.74) is 2.61. The molecule has 2 N–H and O–H groups in total. The number of H-pyrrole nitrogens is 1. The zero-order valence-corrected chi connectivity index (χ0v) is 18.0. The molecule has 3 aromatic rings. The van der Waals surface area contributed by atoms with Gasteiger partial charge in [-0.15, -0.1) is 0 Å². The number of aromatic amines is 1. The number of hydrogen-bond acceptors (Lipinski definition) is 5. The van der Waals surface area contributed by atoms with Crippen LogP contribution < -0.4 is 5.32 Å². The number of pyridine rings is 1. The van der Waals surface area contributed by atoms with Crippen LogP contribution in [0.1, 0.15) is 44.1 Å². The van der Waals surface area contributed by atoms with Crippen molar-refractivity contribution in [3.8, 4) is 11.1 Å². The summed E-state index contributed by atoms with van der Waals surface area (Å²) in [5, 5.41) is 11.0. The highest BCUT2D eigenvalue weighted by atomic mass is 16.6. The van der Waals surface area contributed by atoms with E-state index in [0.717, 1.165) is 22.0 Å². The van der Waals surface area contributed by atoms with E-state index in [1.165, 1.54) is 0 Å². The molecule has 31 heavy (non-hydrogen) atoms. The molecule has 2 amide bonds. The zero-order chi connectivity index (χ0) is 22.0. The summed E-state index contributed by atoms with van der Waals surface area (Å²) in [6.07, 6.45) is 4.56. The Bertz CT molecular complexity index is 1080. The molecule has 8 heteroatoms. The number of aromatic nitrogens is 3. The molecule has 1 saturated heterocycles. The second-order valence-electron chi connectivity index (χ2n) is 8.79. The van der Waals surface area contributed by atoms with Gasteiger partial charge >= 0.3 is 6.09 Å². The number of ether oxygens (including phenoxy) is 1. The molecular formula is C23H27N5O3. The minimum atomic E-state index is -0.516. The Morgan fingerprint density at radius 2 is 1.94 bits per heavy atom. The van der Waals surface area contributed by atoms with Gasteiger partial charge in [0.25, 0.3) is 5.91 Å². The molecule has 0 radical (unpaired) electrons. The van der Waals surface area contributed by atoms with Gasteiger partial charge in [0.2, 0.25) is 0 Å². The van der Waals surface area contributed by atoms with E-state index in [2.05, 4.69) is 20.5 Å². The molecule has 1 aromatic carbocycles. The van der Waals surface area contributed by atoms with Crippen molar-refractivity contribution in [2.75, 3.05) is 13.1 Å². The molecule has 3 heterocycles. The van der Waals surface area contributed by atoms with Gasteiger partial charge in [-0.05, 0) is 57.4 Å². The van der Waals surface area contributed by atoms with Crippen LogP contribution in [0.25, 0.3) is 22.0 Å². The predicted molar refractivity (Wildman–Crippen MR) is 118 cm³/mol. The summed E-state index contributed by atoms with van der Waals surface area (Å²) in [5.74, 6) is -0.217. The van der Waals surface area contributed by atoms with E-state index in [1.54, 1.807) is 17.3 Å². The first-order chi connectivity index (χ1) is 14.8. The number of amides is 2. The van der Waals surface area contributed by atoms with E-state index in [0.29, 0.717) is 31.6 Å². The zero-order valence-electron chi connectivity index (χ0n) is 18.0. The number of likely N-dealkylation sites (tertiary alicyclic amines) is 1. The van der Waals surface area contributed by atoms with Gasteiger partial charge in [-0.3, -0.25) is 14.9 Å². The smallest absolute Gasteiger partial charge is 0.410 e. The number of rotatable bonds is 3. The molecule has 2 aromatic heterocycles. The minimum Gasteiger partial charge on any atom is -0.444 e. The lowest BCUT2D eigenvalue weighted by Gasteiger charge is -2.33. The Morgan fingerprint density at radius 3 is 2.61 bits per heavy atom. The molecule has 0 aliphatic carbocycles. The van der Waals surface area contributed by atoms with Gasteiger partial charge in [0.1, 0.15) is 5.60 Å². The highest BCUT2D eigenvalue weighted by Gasteiger charge is 2.28. The van der Waals surface area contributed by atoms with Gasteiger partial charge in [0.05, 0.1) is 5.52 Å². The fraction of sp³-hybridized carbons (Fsp3) is 0.391. The topological polar surface area (TPSA) is 100 Å². The molecule has 0 unspecified atom stereocenters. The minimum absolute atomic E-state index is 0.0144. The lowest BCUT2D eigenvalue weighted by atomic mass is 10.0. The second kappa shape index (κ2) is 8.37. The standard InChI is InChI=1S/C23H27N5O3/c1-23(2,3)31-22(30)28-11-8-17(9-12-28)25-21(29)20-18-13-15(6-7-19(18)26-27-20)16-5-4-10-24-14-16/h4-7,10,13-14,17H,8-9,11-12H2,1-3H3,(H,25,29)(H,26,27). The Morgan fingerprint density at radius 1 is 1.16 bits per heavy atom. The summed E-state index contributed by atoms with van der Waals surface area (Å²) >= 11 is 0. The maximum Gasteiger partial charge on any atom is 0.410 e. The molecular weight excluding hydrogens is 394 g/mol. The third kappa shape index (κ3) is 4.84. The average Bonchev–Trinajstić information content (AvgIpc) is 3.17. The van der Waals surface area contributed by atoms with Gasteiger partial charge in [-0.1, -0.05) is 12.1 Å². The van der Waals surface area contributed by atoms with Gasteiger partial charge in [0, 0.05) is 42.5 Å². The van der Waals surface area contributed by atoms with Crippen LogP contribution in [0.3, 0.4) is 0 Å². The van der Waals surface area contributed by atoms with Crippen LogP contribution in [0.15, 0.2) is 42.7 Å². The van der Waals surface area contributed by atoms with Crippen molar-refractivity contribution in [2.45, 2.75) is 45.3 Å². The van der Waals surface area contributed by atoms with Crippen LogP contribution in [0.4, 0.5) is 4.79 Å². The van der Waals surface area contributed by atoms with Crippen LogP contribution in [0.2, 0.25) is 0 Å². The van der Waals surface area contributed by atoms with E-state index in [-0.39, 0.29) is 18.0 Å². The van der Waals surface area contributed by atoms with Crippen LogP contribution in [0, 0.1) is 0 Å². The average molecular weight is 422 g/mol. The van der Waals surface area contributed by atoms with E-state index in [9.17, 15) is 9.59 Å². The third-order valence-electron chi connectivity index (χ3n) is 5.25. The van der Waals surface area contributed by atoms with Crippen molar-refractivity contribution < 1.29 is 14.3 Å². The summed E-state index contributed by atoms with van der Waals surface area (Å²) in [7, 11) is 0. The predicted octanol–water partition coefficient (Wildman–Crippen LogP) is 3.75. The van der Waals surface area contributed by atoms with Crippen molar-refractivity contribution in [3.63, 3.8) is 0 Å². The first-order valence-corrected chi connectivity index (χ1v) is 10.5. The van der Waals surface area contributed by atoms with Gasteiger partial charge in [-0.25, -0.2) is 4.79 Å². The SMILES string of the molecule is CC(C)(C)OC(=O)N1CCC(NC(=O)c2n[nH]c3ccc(-c4cccnc4)cc23)CC1. The largest absolute Gasteiger partial charge is 0.444 e. The normalized spacial score (nSPS) is 15.1. The van der Waals surface area contributed by atoms with Crippen LogP contribution in [0.5, 0.6) is 0 Å². The Hall–Kier alpha value is -3.42. The van der Waals surface area contributed by atoms with E-state index < -0.39 is 5.60 Å². The molecule has 1 fully saturated rings. The molecule has 1 aliphatic rings. The molecule has 0 bridgehead atoms. The van der Waals surface area contributed by atoms with Crippen molar-refractivity contribution in [1.82, 2.24) is 25.4 Å². The summed E-state index contributed by atoms with van der Waals surface area (Å²) in [6.45, 7) is 6.65. The van der Waals surface area contributed by atoms with Gasteiger partial charge < -0.3 is 15.0 Å². The van der Waals surface area contributed by atoms with Crippen LogP contribution >= 0.6 is 0 Å². The van der Waals surface area contributed by atoms with Crippen LogP contribution in [-0.2, 0) is 4.74 Å². The summed E-state index contributed by atoms with van der Waals surface area (Å²) < 4.78 is 5.43. The Kier molecular flexibility index (Phi) is 5.63. The molecule has 162 valence electrons. The fourth-order valence-corrected chi connectivity index (χ4v) is 3.69. The number of hydrogen-bond donors (Lipinski definition) is 2. The quantitative estimate of drug-likeness (QED) is 0.671. The number of piperidine rings is 1. The Balaban J connectivity index is 1.42. The highest BCUT2D eigenvalue weighted by Crippen LogP contribution is 2.25. The number of benzene rings is 1. The van der Waals surface area contributed by atoms with Crippen molar-refractivity contribution in [1.29, 1.82) is 0 Å². The first kappa shape index (κ1) is 20.8.